The number of carbonyl (C=O) groups is 1. The van der Waals surface area contributed by atoms with Crippen LogP contribution in [0.3, 0.4) is 0 Å². The number of nitrogens with one attached hydrogen (secondary N) is 1. The zero-order valence-corrected chi connectivity index (χ0v) is 14.2. The van der Waals surface area contributed by atoms with Gasteiger partial charge in [0.2, 0.25) is 0 Å². The topological polar surface area (TPSA) is 132 Å². The molecule has 10 heteroatoms. The number of fused-ring (bicyclic) bond motifs is 1. The van der Waals surface area contributed by atoms with Crippen LogP contribution in [0.1, 0.15) is 21.9 Å². The van der Waals surface area contributed by atoms with E-state index in [1.807, 2.05) is 0 Å². The van der Waals surface area contributed by atoms with E-state index in [-0.39, 0.29) is 29.9 Å². The SMILES string of the molecule is Cn1c(=O)c2ccc(C(=O)NCCc3ocnc3CO)nc2n(C)c1=O. The largest absolute Gasteiger partial charge is 0.448 e. The third kappa shape index (κ3) is 3.02. The average Bonchev–Trinajstić information content (AvgIpc) is 3.11. The van der Waals surface area contributed by atoms with E-state index in [2.05, 4.69) is 15.3 Å². The fourth-order valence-corrected chi connectivity index (χ4v) is 2.59. The Balaban J connectivity index is 1.81. The monoisotopic (exact) mass is 359 g/mol. The van der Waals surface area contributed by atoms with Crippen LogP contribution in [0, 0.1) is 0 Å². The second-order valence-corrected chi connectivity index (χ2v) is 5.66. The molecule has 0 aliphatic heterocycles. The van der Waals surface area contributed by atoms with E-state index in [0.717, 1.165) is 4.57 Å². The maximum Gasteiger partial charge on any atom is 0.332 e. The van der Waals surface area contributed by atoms with Crippen molar-refractivity contribution < 1.29 is 14.3 Å². The molecule has 0 radical (unpaired) electrons. The molecule has 0 unspecified atom stereocenters. The van der Waals surface area contributed by atoms with E-state index in [4.69, 9.17) is 9.52 Å². The van der Waals surface area contributed by atoms with Gasteiger partial charge in [0.05, 0.1) is 12.0 Å². The van der Waals surface area contributed by atoms with Crippen LogP contribution in [0.15, 0.2) is 32.5 Å². The first-order chi connectivity index (χ1) is 12.4. The van der Waals surface area contributed by atoms with Crippen LogP contribution in [0.4, 0.5) is 0 Å². The molecule has 0 atom stereocenters. The van der Waals surface area contributed by atoms with Gasteiger partial charge in [-0.1, -0.05) is 0 Å². The molecule has 0 spiro atoms. The number of hydrogen-bond acceptors (Lipinski definition) is 7. The van der Waals surface area contributed by atoms with Crippen LogP contribution in [-0.4, -0.2) is 36.7 Å². The molecule has 3 aromatic heterocycles. The third-order valence-corrected chi connectivity index (χ3v) is 4.05. The summed E-state index contributed by atoms with van der Waals surface area (Å²) >= 11 is 0. The number of carbonyl (C=O) groups excluding carboxylic acids is 1. The van der Waals surface area contributed by atoms with Crippen LogP contribution in [0.2, 0.25) is 0 Å². The first-order valence-corrected chi connectivity index (χ1v) is 7.81. The normalized spacial score (nSPS) is 11.0. The predicted octanol–water partition coefficient (Wildman–Crippen LogP) is -0.915. The van der Waals surface area contributed by atoms with Gasteiger partial charge in [-0.2, -0.15) is 0 Å². The number of aliphatic hydroxyl groups excluding tert-OH is 1. The van der Waals surface area contributed by atoms with Crippen molar-refractivity contribution in [3.05, 3.63) is 56.5 Å². The van der Waals surface area contributed by atoms with Crippen molar-refractivity contribution in [1.29, 1.82) is 0 Å². The lowest BCUT2D eigenvalue weighted by Gasteiger charge is -2.08. The van der Waals surface area contributed by atoms with E-state index in [1.54, 1.807) is 0 Å². The Labute approximate surface area is 146 Å². The fourth-order valence-electron chi connectivity index (χ4n) is 2.59. The Morgan fingerprint density at radius 3 is 2.77 bits per heavy atom. The Morgan fingerprint density at radius 1 is 1.27 bits per heavy atom. The van der Waals surface area contributed by atoms with E-state index in [0.29, 0.717) is 17.9 Å². The zero-order chi connectivity index (χ0) is 18.8. The quantitative estimate of drug-likeness (QED) is 0.602. The lowest BCUT2D eigenvalue weighted by atomic mass is 10.2. The molecular weight excluding hydrogens is 342 g/mol. The van der Waals surface area contributed by atoms with Gasteiger partial charge in [0.1, 0.15) is 22.8 Å². The molecule has 0 saturated carbocycles. The molecular formula is C16H17N5O5. The molecule has 0 aliphatic carbocycles. The number of aromatic nitrogens is 4. The highest BCUT2D eigenvalue weighted by Gasteiger charge is 2.14. The van der Waals surface area contributed by atoms with E-state index in [1.165, 1.54) is 37.2 Å². The lowest BCUT2D eigenvalue weighted by Crippen LogP contribution is -2.37. The van der Waals surface area contributed by atoms with Crippen molar-refractivity contribution in [2.75, 3.05) is 6.54 Å². The number of oxazole rings is 1. The molecule has 3 heterocycles. The number of pyridine rings is 1. The van der Waals surface area contributed by atoms with Crippen molar-refractivity contribution in [1.82, 2.24) is 24.4 Å². The van der Waals surface area contributed by atoms with Crippen molar-refractivity contribution in [2.24, 2.45) is 14.1 Å². The summed E-state index contributed by atoms with van der Waals surface area (Å²) in [5, 5.41) is 12.0. The molecule has 0 fully saturated rings. The van der Waals surface area contributed by atoms with Crippen LogP contribution in [0.5, 0.6) is 0 Å². The standard InChI is InChI=1S/C16H17N5O5/c1-20-13-9(15(24)21(2)16(20)25)3-4-10(19-13)14(23)17-6-5-12-11(7-22)18-8-26-12/h3-4,8,22H,5-7H2,1-2H3,(H,17,23). The van der Waals surface area contributed by atoms with Gasteiger partial charge < -0.3 is 14.8 Å². The molecule has 136 valence electrons. The lowest BCUT2D eigenvalue weighted by molar-refractivity contribution is 0.0949. The van der Waals surface area contributed by atoms with Crippen molar-refractivity contribution in [3.63, 3.8) is 0 Å². The maximum atomic E-state index is 12.3. The average molecular weight is 359 g/mol. The van der Waals surface area contributed by atoms with Gasteiger partial charge >= 0.3 is 5.69 Å². The summed E-state index contributed by atoms with van der Waals surface area (Å²) in [6.07, 6.45) is 1.59. The van der Waals surface area contributed by atoms with E-state index in [9.17, 15) is 14.4 Å². The van der Waals surface area contributed by atoms with Crippen LogP contribution >= 0.6 is 0 Å². The second-order valence-electron chi connectivity index (χ2n) is 5.66. The molecule has 10 nitrogen and oxygen atoms in total. The summed E-state index contributed by atoms with van der Waals surface area (Å²) < 4.78 is 7.34. The minimum absolute atomic E-state index is 0.0840. The molecule has 3 rings (SSSR count). The highest BCUT2D eigenvalue weighted by atomic mass is 16.3. The molecule has 1 amide bonds. The van der Waals surface area contributed by atoms with Crippen LogP contribution in [-0.2, 0) is 27.1 Å². The molecule has 0 aromatic carbocycles. The van der Waals surface area contributed by atoms with Crippen LogP contribution < -0.4 is 16.6 Å². The summed E-state index contributed by atoms with van der Waals surface area (Å²) in [4.78, 5) is 44.4. The number of nitrogens with zero attached hydrogens (tertiary/aromatic N) is 4. The fraction of sp³-hybridized carbons (Fsp3) is 0.312. The van der Waals surface area contributed by atoms with Crippen LogP contribution in [0.25, 0.3) is 11.0 Å². The highest BCUT2D eigenvalue weighted by molar-refractivity contribution is 5.94. The number of rotatable bonds is 5. The Kier molecular flexibility index (Phi) is 4.67. The molecule has 2 N–H and O–H groups in total. The van der Waals surface area contributed by atoms with Gasteiger partial charge in [-0.3, -0.25) is 18.7 Å². The second kappa shape index (κ2) is 6.92. The maximum absolute atomic E-state index is 12.3. The molecule has 0 bridgehead atoms. The van der Waals surface area contributed by atoms with Gasteiger partial charge in [0.25, 0.3) is 11.5 Å². The first-order valence-electron chi connectivity index (χ1n) is 7.81. The van der Waals surface area contributed by atoms with E-state index >= 15 is 0 Å². The minimum Gasteiger partial charge on any atom is -0.448 e. The smallest absolute Gasteiger partial charge is 0.332 e. The summed E-state index contributed by atoms with van der Waals surface area (Å²) in [5.74, 6) is 0.0373. The molecule has 26 heavy (non-hydrogen) atoms. The molecule has 0 saturated heterocycles. The summed E-state index contributed by atoms with van der Waals surface area (Å²) in [6.45, 7) is 0.00518. The molecule has 3 aromatic rings. The highest BCUT2D eigenvalue weighted by Crippen LogP contribution is 2.08. The van der Waals surface area contributed by atoms with Gasteiger partial charge in [0, 0.05) is 27.1 Å². The number of hydrogen-bond donors (Lipinski definition) is 2. The molecule has 0 aliphatic rings. The Bertz CT molecular complexity index is 1090. The summed E-state index contributed by atoms with van der Waals surface area (Å²) in [5.41, 5.74) is -0.336. The van der Waals surface area contributed by atoms with E-state index < -0.39 is 17.2 Å². The zero-order valence-electron chi connectivity index (χ0n) is 14.2. The number of aliphatic hydroxyl groups is 1. The van der Waals surface area contributed by atoms with Gasteiger partial charge in [-0.05, 0) is 12.1 Å². The van der Waals surface area contributed by atoms with Gasteiger partial charge in [0.15, 0.2) is 6.39 Å². The minimum atomic E-state index is -0.519. The first kappa shape index (κ1) is 17.5. The van der Waals surface area contributed by atoms with Gasteiger partial charge in [-0.25, -0.2) is 14.8 Å². The Hall–Kier alpha value is -3.27. The predicted molar refractivity (Wildman–Crippen MR) is 90.7 cm³/mol. The van der Waals surface area contributed by atoms with Gasteiger partial charge in [-0.15, -0.1) is 0 Å². The number of amides is 1. The summed E-state index contributed by atoms with van der Waals surface area (Å²) in [6, 6.07) is 2.90. The van der Waals surface area contributed by atoms with Crippen molar-refractivity contribution >= 4 is 16.9 Å². The summed E-state index contributed by atoms with van der Waals surface area (Å²) in [7, 11) is 2.87. The third-order valence-electron chi connectivity index (χ3n) is 4.05. The van der Waals surface area contributed by atoms with Crippen molar-refractivity contribution in [2.45, 2.75) is 13.0 Å². The Morgan fingerprint density at radius 2 is 2.04 bits per heavy atom. The van der Waals surface area contributed by atoms with Crippen molar-refractivity contribution in [3.8, 4) is 0 Å². The number of aryl methyl sites for hydroxylation is 1.